The number of fused-ring (bicyclic) bond motifs is 4. The molecule has 0 saturated carbocycles. The highest BCUT2D eigenvalue weighted by Crippen LogP contribution is 2.53. The molecule has 34 unspecified atom stereocenters. The minimum atomic E-state index is -1.85. The van der Waals surface area contributed by atoms with E-state index in [1.807, 2.05) is 0 Å². The third-order valence-electron chi connectivity index (χ3n) is 20.9. The molecule has 100 heavy (non-hydrogen) atoms. The maximum Gasteiger partial charge on any atom is 0.342 e. The Morgan fingerprint density at radius 1 is 0.600 bits per heavy atom. The van der Waals surface area contributed by atoms with E-state index >= 15 is 0 Å². The highest BCUT2D eigenvalue weighted by Gasteiger charge is 2.68. The number of carbonyl (C=O) groups is 1. The van der Waals surface area contributed by atoms with Gasteiger partial charge in [0.15, 0.2) is 61.4 Å². The molecule has 34 atom stereocenters. The lowest BCUT2D eigenvalue weighted by atomic mass is 9.85. The van der Waals surface area contributed by atoms with E-state index in [-0.39, 0.29) is 84.4 Å². The van der Waals surface area contributed by atoms with E-state index in [0.29, 0.717) is 0 Å². The third-order valence-corrected chi connectivity index (χ3v) is 21.7. The van der Waals surface area contributed by atoms with Crippen LogP contribution < -0.4 is 4.74 Å². The van der Waals surface area contributed by atoms with Crippen LogP contribution in [-0.4, -0.2) is 324 Å². The van der Waals surface area contributed by atoms with Crippen LogP contribution in [-0.2, 0) is 118 Å². The van der Waals surface area contributed by atoms with E-state index in [4.69, 9.17) is 146 Å². The number of aliphatic hydroxyl groups is 4. The zero-order chi connectivity index (χ0) is 72.0. The number of methoxy groups -OCH3 is 6. The van der Waals surface area contributed by atoms with Gasteiger partial charge in [-0.15, -0.1) is 0 Å². The first-order valence-corrected chi connectivity index (χ1v) is 34.2. The predicted octanol–water partition coefficient (Wildman–Crippen LogP) is 1.16. The van der Waals surface area contributed by atoms with Crippen LogP contribution in [0.15, 0.2) is 0 Å². The van der Waals surface area contributed by atoms with Crippen LogP contribution >= 0.6 is 23.2 Å². The van der Waals surface area contributed by atoms with Crippen molar-refractivity contribution in [3.63, 3.8) is 0 Å². The molecular weight excluding hydrogens is 1390 g/mol. The smallest absolute Gasteiger partial charge is 0.342 e. The molecule has 0 bridgehead atoms. The predicted molar refractivity (Wildman–Crippen MR) is 327 cm³/mol. The molecule has 11 saturated heterocycles. The molecule has 11 aliphatic rings. The zero-order valence-electron chi connectivity index (χ0n) is 57.8. The van der Waals surface area contributed by atoms with E-state index in [9.17, 15) is 40.7 Å². The van der Waals surface area contributed by atoms with Gasteiger partial charge in [0.2, 0.25) is 0 Å². The number of aromatic hydroxyl groups is 1. The maximum absolute atomic E-state index is 14.3. The third kappa shape index (κ3) is 14.3. The van der Waals surface area contributed by atoms with E-state index < -0.39 is 219 Å². The Hall–Kier alpha value is -2.37. The Labute approximate surface area is 586 Å². The Morgan fingerprint density at radius 3 is 1.97 bits per heavy atom. The van der Waals surface area contributed by atoms with Crippen molar-refractivity contribution < 1.29 is 164 Å². The molecule has 12 rings (SSSR count). The molecular formula is C63H95Cl2NO34. The summed E-state index contributed by atoms with van der Waals surface area (Å²) in [4.78, 5) is 14.3. The fourth-order valence-corrected chi connectivity index (χ4v) is 16.5. The van der Waals surface area contributed by atoms with Crippen molar-refractivity contribution in [2.75, 3.05) is 69.3 Å². The Balaban J connectivity index is 0.692. The molecule has 2 spiro atoms. The van der Waals surface area contributed by atoms with Crippen LogP contribution in [0.5, 0.6) is 11.5 Å². The summed E-state index contributed by atoms with van der Waals surface area (Å²) in [6.45, 7) is 12.8. The van der Waals surface area contributed by atoms with E-state index in [1.165, 1.54) is 49.6 Å². The summed E-state index contributed by atoms with van der Waals surface area (Å²) in [5, 5.41) is 78.3. The van der Waals surface area contributed by atoms with Crippen LogP contribution in [0.3, 0.4) is 0 Å². The second-order valence-corrected chi connectivity index (χ2v) is 28.3. The fourth-order valence-electron chi connectivity index (χ4n) is 16.0. The van der Waals surface area contributed by atoms with E-state index in [0.717, 1.165) is 0 Å². The minimum Gasteiger partial charge on any atom is -0.505 e. The number of hydrogen-bond acceptors (Lipinski definition) is 35. The lowest BCUT2D eigenvalue weighted by Gasteiger charge is -2.49. The number of phenolic OH excluding ortho intramolecular Hbond substituents is 1. The number of aliphatic hydroxyl groups excluding tert-OH is 4. The van der Waals surface area contributed by atoms with Crippen molar-refractivity contribution in [3.05, 3.63) is 21.2 Å². The average Bonchev–Trinajstić information content (AvgIpc) is 1.55. The monoisotopic (exact) mass is 1480 g/mol. The molecule has 0 radical (unpaired) electrons. The number of hydroxylamine groups is 2. The average molecular weight is 1480 g/mol. The van der Waals surface area contributed by atoms with Gasteiger partial charge in [0.05, 0.1) is 75.0 Å². The first kappa shape index (κ1) is 77.3. The first-order chi connectivity index (χ1) is 47.5. The second-order valence-electron chi connectivity index (χ2n) is 27.5. The molecule has 11 fully saturated rings. The quantitative estimate of drug-likeness (QED) is 0.0711. The normalized spacial score (nSPS) is 48.8. The van der Waals surface area contributed by atoms with Crippen LogP contribution in [0.1, 0.15) is 90.1 Å². The molecule has 0 aromatic heterocycles. The van der Waals surface area contributed by atoms with Crippen molar-refractivity contribution in [2.45, 2.75) is 288 Å². The summed E-state index contributed by atoms with van der Waals surface area (Å²) in [5.74, 6) is -5.23. The number of carbonyl (C=O) groups excluding carboxylic acids is 1. The van der Waals surface area contributed by atoms with Crippen molar-refractivity contribution >= 4 is 29.2 Å². The molecule has 11 heterocycles. The molecule has 35 nitrogen and oxygen atoms in total. The lowest BCUT2D eigenvalue weighted by Crippen LogP contribution is -2.66. The Kier molecular flexibility index (Phi) is 23.7. The number of hydrogen-bond donors (Lipinski definition) is 7. The van der Waals surface area contributed by atoms with Gasteiger partial charge < -0.3 is 149 Å². The van der Waals surface area contributed by atoms with Gasteiger partial charge in [-0.25, -0.2) is 4.79 Å². The Morgan fingerprint density at radius 2 is 1.29 bits per heavy atom. The molecule has 11 aliphatic heterocycles. The Bertz CT molecular complexity index is 2960. The summed E-state index contributed by atoms with van der Waals surface area (Å²) < 4.78 is 161. The number of benzene rings is 1. The maximum atomic E-state index is 14.3. The summed E-state index contributed by atoms with van der Waals surface area (Å²) in [5.41, 5.74) is -2.74. The van der Waals surface area contributed by atoms with Gasteiger partial charge in [0.1, 0.15) is 126 Å². The summed E-state index contributed by atoms with van der Waals surface area (Å²) in [6.07, 6.45) is -32.7. The number of rotatable bonds is 20. The van der Waals surface area contributed by atoms with Gasteiger partial charge >= 0.3 is 11.9 Å². The van der Waals surface area contributed by atoms with Gasteiger partial charge in [-0.3, -0.25) is 10.4 Å². The largest absolute Gasteiger partial charge is 0.505 e. The van der Waals surface area contributed by atoms with Gasteiger partial charge in [0.25, 0.3) is 5.97 Å². The van der Waals surface area contributed by atoms with Gasteiger partial charge in [-0.1, -0.05) is 28.4 Å². The van der Waals surface area contributed by atoms with Crippen molar-refractivity contribution in [1.82, 2.24) is 5.23 Å². The van der Waals surface area contributed by atoms with Gasteiger partial charge in [0, 0.05) is 54.8 Å². The van der Waals surface area contributed by atoms with Crippen LogP contribution in [0.2, 0.25) is 10.0 Å². The number of esters is 1. The molecule has 1 aromatic rings. The van der Waals surface area contributed by atoms with Crippen LogP contribution in [0, 0.1) is 6.92 Å². The second kappa shape index (κ2) is 30.7. The lowest BCUT2D eigenvalue weighted by molar-refractivity contribution is -0.415. The van der Waals surface area contributed by atoms with Gasteiger partial charge in [-0.05, 0) is 61.0 Å². The van der Waals surface area contributed by atoms with E-state index in [2.05, 4.69) is 0 Å². The number of halogens is 2. The fraction of sp³-hybridized carbons (Fsp3) is 0.889. The van der Waals surface area contributed by atoms with E-state index in [1.54, 1.807) is 48.5 Å². The van der Waals surface area contributed by atoms with Crippen molar-refractivity contribution in [3.8, 4) is 11.5 Å². The molecule has 0 aliphatic carbocycles. The number of ether oxygens (including phenoxy) is 26. The number of nitrogens with zero attached hydrogens (tertiary/aromatic N) is 1. The molecule has 570 valence electrons. The molecule has 0 amide bonds. The van der Waals surface area contributed by atoms with Crippen molar-refractivity contribution in [1.29, 1.82) is 0 Å². The summed E-state index contributed by atoms with van der Waals surface area (Å²) in [6, 6.07) is 0. The zero-order valence-corrected chi connectivity index (χ0v) is 59.3. The molecule has 1 aromatic carbocycles. The first-order valence-electron chi connectivity index (χ1n) is 33.4. The van der Waals surface area contributed by atoms with Crippen LogP contribution in [0.4, 0.5) is 0 Å². The SMILES string of the molecule is COCC1OC(OC2OCC3OC4(OCC(O)C5OCOC54)OC3C2OC)C(OC)C(O)C1OC1OC(C)C(OC)C(OC2CC3(C)OC4(CC(O)C(OC5CC(OC6CC(C)(N(O)O)C(OC)C(C)O6)C(OC(=O)c6c(C)c(Cl)c(O)c(Cl)c6OC)C(C)O5)C(C)O4)OC3C(C)O2)C1O. The topological polar surface area (TPSA) is 402 Å². The summed E-state index contributed by atoms with van der Waals surface area (Å²) >= 11 is 12.8. The molecule has 37 heteroatoms. The highest BCUT2D eigenvalue weighted by molar-refractivity contribution is 6.39. The minimum absolute atomic E-state index is 0.00176. The van der Waals surface area contributed by atoms with Crippen LogP contribution in [0.25, 0.3) is 0 Å². The molecule has 7 N–H and O–H groups in total. The number of phenols is 1. The van der Waals surface area contributed by atoms with Crippen molar-refractivity contribution in [2.24, 2.45) is 0 Å². The van der Waals surface area contributed by atoms with Gasteiger partial charge in [-0.2, -0.15) is 0 Å². The summed E-state index contributed by atoms with van der Waals surface area (Å²) in [7, 11) is 8.30. The standard InChI is InChI=1S/C63H95Cl2NO34/c1-23-37(49(77-11)39(65)40(69)38(23)64)56(72)93-44-24(2)85-34(15-31(44)89-35-17-60(7,66(73)74)53(80-14)27(5)86-35)91-43-26(4)96-62(16-29(43)67)99-54-28(6)87-36(18-61(54,8)100-62)92-50-42(71)57(88-25(3)45(50)76-10)94-47-32(20-75-9)90-59(51(78-12)41(47)70)95-58-52(79-13)48-33(21-81-58)97-63(98-48)55-46(82-22-83-55)30(68)19-84-63/h24-36,41-48,50-55,57-59,67-71,73-74H,15-22H2,1-14H3. The highest BCUT2D eigenvalue weighted by atomic mass is 35.5.